The lowest BCUT2D eigenvalue weighted by Gasteiger charge is -2.00. The number of thiophene rings is 1. The maximum absolute atomic E-state index is 11.3. The van der Waals surface area contributed by atoms with Gasteiger partial charge in [0.25, 0.3) is 0 Å². The Balaban J connectivity index is 2.36. The maximum Gasteiger partial charge on any atom is 0.225 e. The lowest BCUT2D eigenvalue weighted by molar-refractivity contribution is -0.120. The molecule has 0 saturated heterocycles. The highest BCUT2D eigenvalue weighted by Gasteiger charge is 2.03. The van der Waals surface area contributed by atoms with Gasteiger partial charge in [0.15, 0.2) is 0 Å². The molecule has 0 spiro atoms. The summed E-state index contributed by atoms with van der Waals surface area (Å²) in [6.07, 6.45) is 1.48. The van der Waals surface area contributed by atoms with E-state index >= 15 is 0 Å². The molecule has 1 aromatic rings. The molecule has 0 saturated carbocycles. The summed E-state index contributed by atoms with van der Waals surface area (Å²) in [7, 11) is 0. The summed E-state index contributed by atoms with van der Waals surface area (Å²) in [5.74, 6) is 0.108. The summed E-state index contributed by atoms with van der Waals surface area (Å²) in [4.78, 5) is 12.4. The minimum absolute atomic E-state index is 0.108. The Bertz CT molecular complexity index is 285. The predicted octanol–water partition coefficient (Wildman–Crippen LogP) is 2.58. The standard InChI is InChI=1S/C9H12BrNOS/c1-2-5-11-9(12)6-7-3-4-8(10)13-7/h3-4H,2,5-6H2,1H3,(H,11,12). The molecular weight excluding hydrogens is 250 g/mol. The summed E-state index contributed by atoms with van der Waals surface area (Å²) in [5, 5.41) is 2.84. The number of rotatable bonds is 4. The average Bonchev–Trinajstić information content (AvgIpc) is 2.48. The molecule has 1 N–H and O–H groups in total. The Morgan fingerprint density at radius 3 is 2.92 bits per heavy atom. The molecule has 0 fully saturated rings. The zero-order chi connectivity index (χ0) is 9.68. The fourth-order valence-corrected chi connectivity index (χ4v) is 2.41. The first-order chi connectivity index (χ1) is 6.22. The van der Waals surface area contributed by atoms with E-state index in [0.717, 1.165) is 21.6 Å². The van der Waals surface area contributed by atoms with Crippen molar-refractivity contribution in [2.24, 2.45) is 0 Å². The van der Waals surface area contributed by atoms with E-state index in [-0.39, 0.29) is 5.91 Å². The molecule has 0 bridgehead atoms. The normalized spacial score (nSPS) is 10.0. The van der Waals surface area contributed by atoms with Crippen LogP contribution < -0.4 is 5.32 Å². The van der Waals surface area contributed by atoms with Gasteiger partial charge in [0.2, 0.25) is 5.91 Å². The van der Waals surface area contributed by atoms with Crippen molar-refractivity contribution in [3.63, 3.8) is 0 Å². The molecule has 0 atom stereocenters. The van der Waals surface area contributed by atoms with Crippen molar-refractivity contribution in [2.75, 3.05) is 6.54 Å². The van der Waals surface area contributed by atoms with Crippen LogP contribution in [0.5, 0.6) is 0 Å². The molecule has 0 aromatic carbocycles. The van der Waals surface area contributed by atoms with Gasteiger partial charge in [-0.3, -0.25) is 4.79 Å². The molecule has 1 amide bonds. The van der Waals surface area contributed by atoms with Crippen LogP contribution in [-0.2, 0) is 11.2 Å². The maximum atomic E-state index is 11.3. The van der Waals surface area contributed by atoms with Gasteiger partial charge >= 0.3 is 0 Å². The number of halogens is 1. The first-order valence-electron chi connectivity index (χ1n) is 4.23. The van der Waals surface area contributed by atoms with Crippen molar-refractivity contribution < 1.29 is 4.79 Å². The second-order valence-electron chi connectivity index (χ2n) is 2.73. The smallest absolute Gasteiger partial charge is 0.225 e. The lowest BCUT2D eigenvalue weighted by atomic mass is 10.3. The third kappa shape index (κ3) is 3.91. The van der Waals surface area contributed by atoms with E-state index in [2.05, 4.69) is 21.2 Å². The van der Waals surface area contributed by atoms with E-state index in [0.29, 0.717) is 6.42 Å². The van der Waals surface area contributed by atoms with Crippen LogP contribution in [0.2, 0.25) is 0 Å². The minimum atomic E-state index is 0.108. The van der Waals surface area contributed by atoms with Gasteiger partial charge in [-0.2, -0.15) is 0 Å². The van der Waals surface area contributed by atoms with Gasteiger partial charge in [-0.15, -0.1) is 11.3 Å². The second kappa shape index (κ2) is 5.40. The van der Waals surface area contributed by atoms with Crippen LogP contribution in [0.3, 0.4) is 0 Å². The van der Waals surface area contributed by atoms with Gasteiger partial charge in [-0.25, -0.2) is 0 Å². The third-order valence-corrected chi connectivity index (χ3v) is 3.16. The second-order valence-corrected chi connectivity index (χ2v) is 5.28. The third-order valence-electron chi connectivity index (χ3n) is 1.54. The molecule has 1 heterocycles. The SMILES string of the molecule is CCCNC(=O)Cc1ccc(Br)s1. The zero-order valence-corrected chi connectivity index (χ0v) is 9.87. The molecule has 72 valence electrons. The van der Waals surface area contributed by atoms with Crippen molar-refractivity contribution in [3.8, 4) is 0 Å². The quantitative estimate of drug-likeness (QED) is 0.887. The van der Waals surface area contributed by atoms with E-state index in [1.165, 1.54) is 0 Å². The van der Waals surface area contributed by atoms with Crippen LogP contribution in [0.15, 0.2) is 15.9 Å². The zero-order valence-electron chi connectivity index (χ0n) is 7.47. The van der Waals surface area contributed by atoms with Gasteiger partial charge in [-0.05, 0) is 34.5 Å². The van der Waals surface area contributed by atoms with Gasteiger partial charge in [0.1, 0.15) is 0 Å². The first-order valence-corrected chi connectivity index (χ1v) is 5.84. The Morgan fingerprint density at radius 1 is 1.62 bits per heavy atom. The number of carbonyl (C=O) groups is 1. The molecule has 0 aliphatic carbocycles. The van der Waals surface area contributed by atoms with Crippen molar-refractivity contribution >= 4 is 33.2 Å². The molecule has 0 radical (unpaired) electrons. The van der Waals surface area contributed by atoms with Crippen molar-refractivity contribution in [3.05, 3.63) is 20.8 Å². The molecule has 4 heteroatoms. The van der Waals surface area contributed by atoms with E-state index in [9.17, 15) is 4.79 Å². The molecule has 2 nitrogen and oxygen atoms in total. The predicted molar refractivity (Wildman–Crippen MR) is 59.0 cm³/mol. The fraction of sp³-hybridized carbons (Fsp3) is 0.444. The number of hydrogen-bond donors (Lipinski definition) is 1. The van der Waals surface area contributed by atoms with Crippen molar-refractivity contribution in [1.82, 2.24) is 5.32 Å². The Hall–Kier alpha value is -0.350. The van der Waals surface area contributed by atoms with Crippen LogP contribution in [-0.4, -0.2) is 12.5 Å². The Labute approximate surface area is 90.5 Å². The van der Waals surface area contributed by atoms with E-state index in [1.54, 1.807) is 11.3 Å². The monoisotopic (exact) mass is 261 g/mol. The fourth-order valence-electron chi connectivity index (χ4n) is 0.932. The molecule has 1 rings (SSSR count). The van der Waals surface area contributed by atoms with Crippen LogP contribution in [0, 0.1) is 0 Å². The molecule has 0 aliphatic heterocycles. The van der Waals surface area contributed by atoms with Gasteiger partial charge in [-0.1, -0.05) is 6.92 Å². The minimum Gasteiger partial charge on any atom is -0.356 e. The van der Waals surface area contributed by atoms with Gasteiger partial charge in [0.05, 0.1) is 10.2 Å². The van der Waals surface area contributed by atoms with Crippen molar-refractivity contribution in [1.29, 1.82) is 0 Å². The lowest BCUT2D eigenvalue weighted by Crippen LogP contribution is -2.25. The summed E-state index contributed by atoms with van der Waals surface area (Å²) >= 11 is 4.97. The number of amides is 1. The molecule has 0 unspecified atom stereocenters. The Morgan fingerprint density at radius 2 is 2.38 bits per heavy atom. The highest BCUT2D eigenvalue weighted by atomic mass is 79.9. The van der Waals surface area contributed by atoms with E-state index in [1.807, 2.05) is 19.1 Å². The summed E-state index contributed by atoms with van der Waals surface area (Å²) < 4.78 is 1.07. The van der Waals surface area contributed by atoms with Crippen LogP contribution in [0.4, 0.5) is 0 Å². The molecular formula is C9H12BrNOS. The van der Waals surface area contributed by atoms with Crippen molar-refractivity contribution in [2.45, 2.75) is 19.8 Å². The number of nitrogens with one attached hydrogen (secondary N) is 1. The summed E-state index contributed by atoms with van der Waals surface area (Å²) in [6.45, 7) is 2.81. The molecule has 13 heavy (non-hydrogen) atoms. The average molecular weight is 262 g/mol. The van der Waals surface area contributed by atoms with E-state index < -0.39 is 0 Å². The highest BCUT2D eigenvalue weighted by Crippen LogP contribution is 2.22. The molecule has 0 aliphatic rings. The first kappa shape index (κ1) is 10.7. The van der Waals surface area contributed by atoms with E-state index in [4.69, 9.17) is 0 Å². The van der Waals surface area contributed by atoms with Gasteiger partial charge < -0.3 is 5.32 Å². The van der Waals surface area contributed by atoms with Crippen LogP contribution >= 0.6 is 27.3 Å². The number of carbonyl (C=O) groups excluding carboxylic acids is 1. The summed E-state index contributed by atoms with van der Waals surface area (Å²) in [6, 6.07) is 3.94. The van der Waals surface area contributed by atoms with Crippen LogP contribution in [0.1, 0.15) is 18.2 Å². The van der Waals surface area contributed by atoms with Crippen LogP contribution in [0.25, 0.3) is 0 Å². The summed E-state index contributed by atoms with van der Waals surface area (Å²) in [5.41, 5.74) is 0. The Kier molecular flexibility index (Phi) is 4.45. The topological polar surface area (TPSA) is 29.1 Å². The molecule has 1 aromatic heterocycles. The highest BCUT2D eigenvalue weighted by molar-refractivity contribution is 9.11. The largest absolute Gasteiger partial charge is 0.356 e. The van der Waals surface area contributed by atoms with Gasteiger partial charge in [0, 0.05) is 11.4 Å². The number of hydrogen-bond acceptors (Lipinski definition) is 2.